The van der Waals surface area contributed by atoms with Gasteiger partial charge in [-0.25, -0.2) is 12.7 Å². The Balaban J connectivity index is 1.33. The topological polar surface area (TPSA) is 84.7 Å². The van der Waals surface area contributed by atoms with E-state index in [2.05, 4.69) is 10.00 Å². The summed E-state index contributed by atoms with van der Waals surface area (Å²) in [6, 6.07) is 0.467. The van der Waals surface area contributed by atoms with Crippen LogP contribution in [-0.4, -0.2) is 76.9 Å². The number of ether oxygens (including phenoxy) is 1. The Hall–Kier alpha value is -1.45. The molecule has 3 fully saturated rings. The van der Waals surface area contributed by atoms with Crippen LogP contribution in [0, 0.1) is 0 Å². The molecule has 0 aromatic carbocycles. The van der Waals surface area contributed by atoms with E-state index in [1.165, 1.54) is 10.6 Å². The third-order valence-electron chi connectivity index (χ3n) is 6.38. The third kappa shape index (κ3) is 3.97. The van der Waals surface area contributed by atoms with Gasteiger partial charge in [-0.15, -0.1) is 0 Å². The van der Waals surface area contributed by atoms with Gasteiger partial charge in [-0.3, -0.25) is 9.48 Å². The molecule has 3 atom stereocenters. The van der Waals surface area contributed by atoms with Crippen molar-refractivity contribution >= 4 is 15.9 Å². The van der Waals surface area contributed by atoms with Crippen molar-refractivity contribution in [2.24, 2.45) is 0 Å². The fraction of sp³-hybridized carbons (Fsp3) is 0.789. The van der Waals surface area contributed by atoms with Crippen molar-refractivity contribution in [3.8, 4) is 0 Å². The van der Waals surface area contributed by atoms with Crippen LogP contribution >= 0.6 is 0 Å². The molecule has 3 saturated heterocycles. The summed E-state index contributed by atoms with van der Waals surface area (Å²) < 4.78 is 33.0. The molecule has 4 rings (SSSR count). The maximum Gasteiger partial charge on any atom is 0.257 e. The molecule has 0 saturated carbocycles. The van der Waals surface area contributed by atoms with E-state index >= 15 is 0 Å². The fourth-order valence-corrected chi connectivity index (χ4v) is 5.81. The number of amides is 1. The number of rotatable bonds is 5. The number of sulfonamides is 1. The monoisotopic (exact) mass is 410 g/mol. The van der Waals surface area contributed by atoms with Crippen LogP contribution in [-0.2, 0) is 21.3 Å². The third-order valence-corrected chi connectivity index (χ3v) is 7.69. The van der Waals surface area contributed by atoms with Gasteiger partial charge >= 0.3 is 0 Å². The Morgan fingerprint density at radius 3 is 2.32 bits per heavy atom. The van der Waals surface area contributed by atoms with Crippen molar-refractivity contribution in [1.29, 1.82) is 0 Å². The molecule has 156 valence electrons. The Bertz CT molecular complexity index is 802. The van der Waals surface area contributed by atoms with Gasteiger partial charge in [-0.1, -0.05) is 0 Å². The van der Waals surface area contributed by atoms with Crippen LogP contribution in [0.1, 0.15) is 55.8 Å². The zero-order valence-corrected chi connectivity index (χ0v) is 17.5. The van der Waals surface area contributed by atoms with Gasteiger partial charge in [0.05, 0.1) is 30.2 Å². The van der Waals surface area contributed by atoms with Gasteiger partial charge in [-0.2, -0.15) is 5.10 Å². The zero-order chi connectivity index (χ0) is 19.9. The molecule has 3 aliphatic heterocycles. The van der Waals surface area contributed by atoms with E-state index in [4.69, 9.17) is 4.74 Å². The minimum absolute atomic E-state index is 0.0899. The molecule has 1 aromatic rings. The predicted molar refractivity (Wildman–Crippen MR) is 104 cm³/mol. The van der Waals surface area contributed by atoms with Gasteiger partial charge in [0, 0.05) is 37.9 Å². The molecule has 0 spiro atoms. The van der Waals surface area contributed by atoms with E-state index in [1.54, 1.807) is 10.9 Å². The Morgan fingerprint density at radius 1 is 1.14 bits per heavy atom. The fourth-order valence-electron chi connectivity index (χ4n) is 4.94. The van der Waals surface area contributed by atoms with E-state index in [-0.39, 0.29) is 30.2 Å². The summed E-state index contributed by atoms with van der Waals surface area (Å²) in [5.74, 6) is 0.0899. The molecule has 8 nitrogen and oxygen atoms in total. The largest absolute Gasteiger partial charge is 0.375 e. The van der Waals surface area contributed by atoms with Gasteiger partial charge < -0.3 is 9.64 Å². The molecule has 1 amide bonds. The van der Waals surface area contributed by atoms with E-state index in [0.29, 0.717) is 18.7 Å². The molecule has 9 heteroatoms. The molecular weight excluding hydrogens is 380 g/mol. The summed E-state index contributed by atoms with van der Waals surface area (Å²) in [5, 5.41) is 4.23. The predicted octanol–water partition coefficient (Wildman–Crippen LogP) is 1.48. The maximum atomic E-state index is 13.0. The second-order valence-electron chi connectivity index (χ2n) is 8.27. The standard InChI is InChI=1S/C19H30N4O4S/c1-3-21-13-14(12-20-21)19(24)23-15-4-5-16(23)11-18(10-15)27-17-6-8-22(9-7-17)28(2,25)26/h12-13,15-18H,3-11H2,1-2H3/t15-,16+,18?. The van der Waals surface area contributed by atoms with Crippen molar-refractivity contribution in [1.82, 2.24) is 19.0 Å². The number of aromatic nitrogens is 2. The normalized spacial score (nSPS) is 29.4. The van der Waals surface area contributed by atoms with Crippen molar-refractivity contribution in [2.45, 2.75) is 76.3 Å². The minimum Gasteiger partial charge on any atom is -0.375 e. The molecule has 0 aliphatic carbocycles. The highest BCUT2D eigenvalue weighted by molar-refractivity contribution is 7.88. The second kappa shape index (κ2) is 7.76. The first kappa shape index (κ1) is 19.8. The van der Waals surface area contributed by atoms with Gasteiger partial charge in [0.1, 0.15) is 0 Å². The molecule has 28 heavy (non-hydrogen) atoms. The highest BCUT2D eigenvalue weighted by Crippen LogP contribution is 2.38. The highest BCUT2D eigenvalue weighted by atomic mass is 32.2. The summed E-state index contributed by atoms with van der Waals surface area (Å²) in [7, 11) is -3.11. The molecule has 1 unspecified atom stereocenters. The van der Waals surface area contributed by atoms with Crippen molar-refractivity contribution < 1.29 is 17.9 Å². The number of hydrogen-bond acceptors (Lipinski definition) is 5. The first-order valence-corrected chi connectivity index (χ1v) is 12.2. The lowest BCUT2D eigenvalue weighted by atomic mass is 9.98. The van der Waals surface area contributed by atoms with Crippen LogP contribution < -0.4 is 0 Å². The molecule has 0 N–H and O–H groups in total. The molecule has 1 aromatic heterocycles. The average Bonchev–Trinajstić information content (AvgIpc) is 3.24. The molecule has 3 aliphatic rings. The molecular formula is C19H30N4O4S. The number of fused-ring (bicyclic) bond motifs is 2. The van der Waals surface area contributed by atoms with Crippen LogP contribution in [0.25, 0.3) is 0 Å². The summed E-state index contributed by atoms with van der Waals surface area (Å²) in [6.45, 7) is 3.84. The van der Waals surface area contributed by atoms with E-state index in [9.17, 15) is 13.2 Å². The Labute approximate surface area is 166 Å². The number of aryl methyl sites for hydroxylation is 1. The summed E-state index contributed by atoms with van der Waals surface area (Å²) in [6.07, 6.45) is 10.4. The van der Waals surface area contributed by atoms with Crippen LogP contribution in [0.3, 0.4) is 0 Å². The molecule has 0 radical (unpaired) electrons. The Kier molecular flexibility index (Phi) is 5.50. The summed E-state index contributed by atoms with van der Waals surface area (Å²) in [5.41, 5.74) is 0.672. The Morgan fingerprint density at radius 2 is 1.79 bits per heavy atom. The quantitative estimate of drug-likeness (QED) is 0.734. The first-order chi connectivity index (χ1) is 13.3. The van der Waals surface area contributed by atoms with Crippen LogP contribution in [0.2, 0.25) is 0 Å². The van der Waals surface area contributed by atoms with Crippen molar-refractivity contribution in [3.63, 3.8) is 0 Å². The highest BCUT2D eigenvalue weighted by Gasteiger charge is 2.44. The van der Waals surface area contributed by atoms with Gasteiger partial charge in [0.15, 0.2) is 0 Å². The van der Waals surface area contributed by atoms with E-state index in [1.807, 2.05) is 13.1 Å². The van der Waals surface area contributed by atoms with Gasteiger partial charge in [0.25, 0.3) is 5.91 Å². The molecule has 4 heterocycles. The number of nitrogens with zero attached hydrogens (tertiary/aromatic N) is 4. The van der Waals surface area contributed by atoms with Crippen LogP contribution in [0.5, 0.6) is 0 Å². The average molecular weight is 411 g/mol. The number of carbonyl (C=O) groups is 1. The summed E-state index contributed by atoms with van der Waals surface area (Å²) in [4.78, 5) is 15.0. The first-order valence-electron chi connectivity index (χ1n) is 10.3. The minimum atomic E-state index is -3.11. The van der Waals surface area contributed by atoms with E-state index in [0.717, 1.165) is 45.1 Å². The lowest BCUT2D eigenvalue weighted by molar-refractivity contribution is -0.0689. The van der Waals surface area contributed by atoms with Crippen LogP contribution in [0.15, 0.2) is 12.4 Å². The van der Waals surface area contributed by atoms with E-state index < -0.39 is 10.0 Å². The maximum absolute atomic E-state index is 13.0. The summed E-state index contributed by atoms with van der Waals surface area (Å²) >= 11 is 0. The zero-order valence-electron chi connectivity index (χ0n) is 16.7. The number of piperidine rings is 2. The number of carbonyl (C=O) groups excluding carboxylic acids is 1. The van der Waals surface area contributed by atoms with Crippen molar-refractivity contribution in [3.05, 3.63) is 18.0 Å². The van der Waals surface area contributed by atoms with Crippen molar-refractivity contribution in [2.75, 3.05) is 19.3 Å². The van der Waals surface area contributed by atoms with Gasteiger partial charge in [0.2, 0.25) is 10.0 Å². The SMILES string of the molecule is CCn1cc(C(=O)N2[C@@H]3CC[C@H]2CC(OC2CCN(S(C)(=O)=O)CC2)C3)cn1. The molecule has 2 bridgehead atoms. The van der Waals surface area contributed by atoms with Crippen LogP contribution in [0.4, 0.5) is 0 Å². The lowest BCUT2D eigenvalue weighted by Crippen LogP contribution is -2.50. The van der Waals surface area contributed by atoms with Gasteiger partial charge in [-0.05, 0) is 45.4 Å². The number of hydrogen-bond donors (Lipinski definition) is 0. The lowest BCUT2D eigenvalue weighted by Gasteiger charge is -2.41. The second-order valence-corrected chi connectivity index (χ2v) is 10.3. The smallest absolute Gasteiger partial charge is 0.257 e.